The molecule has 104 valence electrons. The largest absolute Gasteiger partial charge is 0.372 e. The van der Waals surface area contributed by atoms with Gasteiger partial charge in [0.15, 0.2) is 0 Å². The first-order valence-corrected chi connectivity index (χ1v) is 5.48. The Balaban J connectivity index is 2.25. The topological polar surface area (TPSA) is 129 Å². The summed E-state index contributed by atoms with van der Waals surface area (Å²) < 4.78 is 1.52. The zero-order valence-corrected chi connectivity index (χ0v) is 10.4. The summed E-state index contributed by atoms with van der Waals surface area (Å²) >= 11 is 0. The predicted octanol–water partition coefficient (Wildman–Crippen LogP) is 1.24. The maximum absolute atomic E-state index is 10.9. The lowest BCUT2D eigenvalue weighted by molar-refractivity contribution is -0.393. The summed E-state index contributed by atoms with van der Waals surface area (Å²) in [5.74, 6) is 0.581. The van der Waals surface area contributed by atoms with E-state index in [4.69, 9.17) is 0 Å². The molecule has 0 radical (unpaired) electrons. The molecule has 2 aromatic rings. The fraction of sp³-hybridized carbons (Fsp3) is 0.200. The van der Waals surface area contributed by atoms with E-state index in [9.17, 15) is 20.2 Å². The molecule has 1 N–H and O–H groups in total. The summed E-state index contributed by atoms with van der Waals surface area (Å²) in [5.41, 5.74) is -0.508. The van der Waals surface area contributed by atoms with Crippen LogP contribution in [0.4, 0.5) is 17.1 Å². The molecule has 0 aliphatic heterocycles. The summed E-state index contributed by atoms with van der Waals surface area (Å²) in [6, 6.07) is 3.41. The van der Waals surface area contributed by atoms with Crippen molar-refractivity contribution in [1.29, 1.82) is 0 Å². The van der Waals surface area contributed by atoms with E-state index in [0.717, 1.165) is 6.07 Å². The molecule has 0 aliphatic carbocycles. The van der Waals surface area contributed by atoms with Gasteiger partial charge in [0.05, 0.1) is 22.5 Å². The number of non-ortho nitro benzene ring substituents is 1. The maximum atomic E-state index is 10.9. The number of anilines is 1. The lowest BCUT2D eigenvalue weighted by Gasteiger charge is -2.06. The monoisotopic (exact) mass is 278 g/mol. The Kier molecular flexibility index (Phi) is 3.55. The fourth-order valence-corrected chi connectivity index (χ4v) is 1.59. The number of nitro groups is 2. The van der Waals surface area contributed by atoms with Crippen LogP contribution in [0.1, 0.15) is 5.82 Å². The van der Waals surface area contributed by atoms with E-state index in [1.807, 2.05) is 0 Å². The lowest BCUT2D eigenvalue weighted by Crippen LogP contribution is -2.08. The highest BCUT2D eigenvalue weighted by atomic mass is 16.6. The molecule has 10 nitrogen and oxygen atoms in total. The molecule has 0 atom stereocenters. The van der Waals surface area contributed by atoms with Gasteiger partial charge in [-0.25, -0.2) is 4.98 Å². The Morgan fingerprint density at radius 3 is 2.60 bits per heavy atom. The van der Waals surface area contributed by atoms with Gasteiger partial charge in [-0.2, -0.15) is 5.10 Å². The molecular weight excluding hydrogens is 268 g/mol. The van der Waals surface area contributed by atoms with Crippen LogP contribution in [0.5, 0.6) is 0 Å². The van der Waals surface area contributed by atoms with Gasteiger partial charge in [0.25, 0.3) is 11.4 Å². The van der Waals surface area contributed by atoms with E-state index in [2.05, 4.69) is 15.4 Å². The van der Waals surface area contributed by atoms with Gasteiger partial charge in [-0.05, 0) is 6.07 Å². The van der Waals surface area contributed by atoms with Crippen LogP contribution in [0.25, 0.3) is 0 Å². The first-order valence-electron chi connectivity index (χ1n) is 5.48. The number of benzene rings is 1. The van der Waals surface area contributed by atoms with E-state index in [-0.39, 0.29) is 23.6 Å². The van der Waals surface area contributed by atoms with E-state index in [0.29, 0.717) is 5.82 Å². The molecular formula is C10H10N6O4. The summed E-state index contributed by atoms with van der Waals surface area (Å²) in [6.45, 7) is 0.217. The first kappa shape index (κ1) is 13.4. The van der Waals surface area contributed by atoms with Crippen LogP contribution < -0.4 is 5.32 Å². The van der Waals surface area contributed by atoms with Crippen LogP contribution in [-0.4, -0.2) is 24.6 Å². The number of rotatable bonds is 5. The van der Waals surface area contributed by atoms with Crippen LogP contribution in [0, 0.1) is 20.2 Å². The summed E-state index contributed by atoms with van der Waals surface area (Å²) in [6.07, 6.45) is 1.36. The number of aromatic nitrogens is 3. The smallest absolute Gasteiger partial charge is 0.299 e. The van der Waals surface area contributed by atoms with Crippen molar-refractivity contribution in [2.24, 2.45) is 7.05 Å². The zero-order valence-electron chi connectivity index (χ0n) is 10.4. The van der Waals surface area contributed by atoms with E-state index < -0.39 is 9.85 Å². The second kappa shape index (κ2) is 5.30. The van der Waals surface area contributed by atoms with E-state index in [1.165, 1.54) is 23.1 Å². The second-order valence-corrected chi connectivity index (χ2v) is 3.87. The average molecular weight is 278 g/mol. The van der Waals surface area contributed by atoms with Crippen molar-refractivity contribution in [3.63, 3.8) is 0 Å². The molecule has 0 bridgehead atoms. The third kappa shape index (κ3) is 2.68. The molecule has 20 heavy (non-hydrogen) atoms. The van der Waals surface area contributed by atoms with Gasteiger partial charge in [0.1, 0.15) is 17.8 Å². The number of aryl methyl sites for hydroxylation is 1. The molecule has 1 aromatic heterocycles. The fourth-order valence-electron chi connectivity index (χ4n) is 1.59. The third-order valence-electron chi connectivity index (χ3n) is 2.63. The van der Waals surface area contributed by atoms with Crippen molar-refractivity contribution in [3.05, 3.63) is 50.6 Å². The van der Waals surface area contributed by atoms with Crippen LogP contribution in [0.2, 0.25) is 0 Å². The number of nitro benzene ring substituents is 2. The molecule has 0 amide bonds. The number of nitrogens with one attached hydrogen (secondary N) is 1. The first-order chi connectivity index (χ1) is 9.49. The Bertz CT molecular complexity index is 668. The highest BCUT2D eigenvalue weighted by Gasteiger charge is 2.19. The van der Waals surface area contributed by atoms with Gasteiger partial charge in [-0.15, -0.1) is 0 Å². The van der Waals surface area contributed by atoms with Crippen molar-refractivity contribution in [2.75, 3.05) is 5.32 Å². The lowest BCUT2D eigenvalue weighted by atomic mass is 10.2. The molecule has 0 spiro atoms. The molecule has 0 saturated heterocycles. The summed E-state index contributed by atoms with van der Waals surface area (Å²) in [5, 5.41) is 28.2. The Morgan fingerprint density at radius 1 is 1.30 bits per heavy atom. The molecule has 1 heterocycles. The Labute approximate surface area is 112 Å². The molecule has 0 fully saturated rings. The van der Waals surface area contributed by atoms with Crippen molar-refractivity contribution in [3.8, 4) is 0 Å². The highest BCUT2D eigenvalue weighted by molar-refractivity contribution is 5.65. The highest BCUT2D eigenvalue weighted by Crippen LogP contribution is 2.29. The minimum absolute atomic E-state index is 0.184. The van der Waals surface area contributed by atoms with Crippen LogP contribution in [-0.2, 0) is 13.6 Å². The van der Waals surface area contributed by atoms with Crippen LogP contribution in [0.3, 0.4) is 0 Å². The van der Waals surface area contributed by atoms with Gasteiger partial charge in [0.2, 0.25) is 0 Å². The number of hydrogen-bond donors (Lipinski definition) is 1. The van der Waals surface area contributed by atoms with Gasteiger partial charge in [-0.3, -0.25) is 24.9 Å². The van der Waals surface area contributed by atoms with Crippen molar-refractivity contribution < 1.29 is 9.85 Å². The summed E-state index contributed by atoms with van der Waals surface area (Å²) in [4.78, 5) is 24.2. The standard InChI is InChI=1S/C10H10N6O4/c1-14-10(12-6-13-14)5-11-8-3-2-7(15(17)18)4-9(8)16(19)20/h2-4,6,11H,5H2,1H3. The van der Waals surface area contributed by atoms with Gasteiger partial charge in [0, 0.05) is 13.1 Å². The second-order valence-electron chi connectivity index (χ2n) is 3.87. The SMILES string of the molecule is Cn1ncnc1CNc1ccc([N+](=O)[O-])cc1[N+](=O)[O-]. The van der Waals surface area contributed by atoms with Crippen molar-refractivity contribution in [1.82, 2.24) is 14.8 Å². The molecule has 1 aromatic carbocycles. The molecule has 0 unspecified atom stereocenters. The van der Waals surface area contributed by atoms with E-state index >= 15 is 0 Å². The predicted molar refractivity (Wildman–Crippen MR) is 68.1 cm³/mol. The molecule has 0 aliphatic rings. The normalized spacial score (nSPS) is 10.2. The maximum Gasteiger partial charge on any atom is 0.299 e. The third-order valence-corrected chi connectivity index (χ3v) is 2.63. The van der Waals surface area contributed by atoms with Gasteiger partial charge >= 0.3 is 0 Å². The zero-order chi connectivity index (χ0) is 14.7. The van der Waals surface area contributed by atoms with Gasteiger partial charge < -0.3 is 5.32 Å². The number of nitrogens with zero attached hydrogens (tertiary/aromatic N) is 5. The summed E-state index contributed by atoms with van der Waals surface area (Å²) in [7, 11) is 1.69. The average Bonchev–Trinajstić information content (AvgIpc) is 2.81. The quantitative estimate of drug-likeness (QED) is 0.643. The van der Waals surface area contributed by atoms with Crippen LogP contribution >= 0.6 is 0 Å². The molecule has 10 heteroatoms. The van der Waals surface area contributed by atoms with Gasteiger partial charge in [-0.1, -0.05) is 0 Å². The van der Waals surface area contributed by atoms with Crippen molar-refractivity contribution in [2.45, 2.75) is 6.54 Å². The molecule has 2 rings (SSSR count). The number of hydrogen-bond acceptors (Lipinski definition) is 7. The minimum Gasteiger partial charge on any atom is -0.372 e. The Hall–Kier alpha value is -3.04. The molecule has 0 saturated carbocycles. The Morgan fingerprint density at radius 2 is 2.05 bits per heavy atom. The van der Waals surface area contributed by atoms with E-state index in [1.54, 1.807) is 7.05 Å². The minimum atomic E-state index is -0.681. The van der Waals surface area contributed by atoms with Crippen LogP contribution in [0.15, 0.2) is 24.5 Å². The van der Waals surface area contributed by atoms with Crippen molar-refractivity contribution >= 4 is 17.1 Å².